The average molecular weight is 318 g/mol. The van der Waals surface area contributed by atoms with Crippen LogP contribution in [0.4, 0.5) is 0 Å². The summed E-state index contributed by atoms with van der Waals surface area (Å²) < 4.78 is 5.26. The number of hydrogen-bond donors (Lipinski definition) is 2. The largest absolute Gasteiger partial charge is 0.385 e. The van der Waals surface area contributed by atoms with Gasteiger partial charge in [0.15, 0.2) is 5.96 Å². The van der Waals surface area contributed by atoms with Crippen LogP contribution < -0.4 is 10.6 Å². The smallest absolute Gasteiger partial charge is 0.191 e. The van der Waals surface area contributed by atoms with Crippen LogP contribution >= 0.6 is 0 Å². The van der Waals surface area contributed by atoms with Gasteiger partial charge in [-0.2, -0.15) is 0 Å². The molecule has 0 unspecified atom stereocenters. The zero-order valence-corrected chi connectivity index (χ0v) is 14.5. The lowest BCUT2D eigenvalue weighted by Gasteiger charge is -2.40. The maximum Gasteiger partial charge on any atom is 0.191 e. The molecule has 1 aliphatic rings. The molecule has 1 heterocycles. The minimum absolute atomic E-state index is 0.363. The van der Waals surface area contributed by atoms with Crippen molar-refractivity contribution in [1.29, 1.82) is 0 Å². The Balaban J connectivity index is 1.81. The summed E-state index contributed by atoms with van der Waals surface area (Å²) in [6.07, 6.45) is 9.66. The number of methoxy groups -OCH3 is 1. The fraction of sp³-hybridized carbons (Fsp3) is 0.667. The van der Waals surface area contributed by atoms with Gasteiger partial charge in [0.2, 0.25) is 0 Å². The second-order valence-electron chi connectivity index (χ2n) is 6.33. The number of hydrogen-bond acceptors (Lipinski definition) is 3. The molecule has 0 spiro atoms. The molecule has 5 nitrogen and oxygen atoms in total. The summed E-state index contributed by atoms with van der Waals surface area (Å²) in [6.45, 7) is 5.56. The van der Waals surface area contributed by atoms with E-state index >= 15 is 0 Å². The van der Waals surface area contributed by atoms with Gasteiger partial charge in [0.1, 0.15) is 0 Å². The molecule has 1 saturated carbocycles. The number of nitrogens with zero attached hydrogens (tertiary/aromatic N) is 2. The molecule has 1 aromatic rings. The van der Waals surface area contributed by atoms with Gasteiger partial charge in [-0.15, -0.1) is 0 Å². The Labute approximate surface area is 139 Å². The van der Waals surface area contributed by atoms with E-state index in [0.29, 0.717) is 5.41 Å². The zero-order valence-electron chi connectivity index (χ0n) is 14.5. The maximum atomic E-state index is 5.26. The Morgan fingerprint density at radius 3 is 2.87 bits per heavy atom. The molecule has 23 heavy (non-hydrogen) atoms. The van der Waals surface area contributed by atoms with Gasteiger partial charge in [-0.3, -0.25) is 9.98 Å². The van der Waals surface area contributed by atoms with E-state index < -0.39 is 0 Å². The van der Waals surface area contributed by atoms with E-state index in [0.717, 1.165) is 45.0 Å². The number of aromatic nitrogens is 1. The highest BCUT2D eigenvalue weighted by Crippen LogP contribution is 2.44. The Hall–Kier alpha value is -1.62. The van der Waals surface area contributed by atoms with Crippen molar-refractivity contribution in [1.82, 2.24) is 15.6 Å². The predicted octanol–water partition coefficient (Wildman–Crippen LogP) is 2.39. The van der Waals surface area contributed by atoms with Gasteiger partial charge in [0.05, 0.1) is 0 Å². The first-order chi connectivity index (χ1) is 11.3. The van der Waals surface area contributed by atoms with Gasteiger partial charge >= 0.3 is 0 Å². The highest BCUT2D eigenvalue weighted by atomic mass is 16.5. The molecule has 1 aromatic heterocycles. The predicted molar refractivity (Wildman–Crippen MR) is 94.7 cm³/mol. The van der Waals surface area contributed by atoms with Crippen molar-refractivity contribution < 1.29 is 4.74 Å². The van der Waals surface area contributed by atoms with Crippen molar-refractivity contribution in [2.45, 2.75) is 39.0 Å². The number of ether oxygens (including phenoxy) is 1. The van der Waals surface area contributed by atoms with Crippen molar-refractivity contribution in [3.8, 4) is 0 Å². The lowest BCUT2D eigenvalue weighted by Crippen LogP contribution is -2.41. The zero-order chi connectivity index (χ0) is 16.4. The molecule has 1 aliphatic carbocycles. The maximum absolute atomic E-state index is 5.26. The fourth-order valence-electron chi connectivity index (χ4n) is 2.94. The van der Waals surface area contributed by atoms with Crippen molar-refractivity contribution in [2.24, 2.45) is 10.4 Å². The average Bonchev–Trinajstić information content (AvgIpc) is 2.54. The molecule has 0 saturated heterocycles. The van der Waals surface area contributed by atoms with E-state index in [2.05, 4.69) is 28.6 Å². The first kappa shape index (κ1) is 17.7. The van der Waals surface area contributed by atoms with Gasteiger partial charge in [-0.25, -0.2) is 0 Å². The SMILES string of the molecule is CCNC(=NCC1(CCOC)CCC1)NCCc1cccnc1. The van der Waals surface area contributed by atoms with Gasteiger partial charge in [-0.05, 0) is 49.7 Å². The van der Waals surface area contributed by atoms with Crippen LogP contribution in [0, 0.1) is 5.41 Å². The monoisotopic (exact) mass is 318 g/mol. The second-order valence-corrected chi connectivity index (χ2v) is 6.33. The quantitative estimate of drug-likeness (QED) is 0.542. The van der Waals surface area contributed by atoms with Crippen LogP contribution in [0.3, 0.4) is 0 Å². The minimum atomic E-state index is 0.363. The van der Waals surface area contributed by atoms with Crippen LogP contribution in [0.25, 0.3) is 0 Å². The van der Waals surface area contributed by atoms with Gasteiger partial charge in [0, 0.05) is 45.7 Å². The molecule has 0 radical (unpaired) electrons. The molecule has 0 aromatic carbocycles. The van der Waals surface area contributed by atoms with E-state index in [9.17, 15) is 0 Å². The fourth-order valence-corrected chi connectivity index (χ4v) is 2.94. The van der Waals surface area contributed by atoms with Crippen LogP contribution in [-0.4, -0.2) is 44.3 Å². The van der Waals surface area contributed by atoms with Crippen LogP contribution in [0.2, 0.25) is 0 Å². The number of pyridine rings is 1. The van der Waals surface area contributed by atoms with E-state index in [4.69, 9.17) is 9.73 Å². The molecule has 0 bridgehead atoms. The van der Waals surface area contributed by atoms with E-state index in [1.807, 2.05) is 12.3 Å². The van der Waals surface area contributed by atoms with Crippen LogP contribution in [0.5, 0.6) is 0 Å². The van der Waals surface area contributed by atoms with E-state index in [1.54, 1.807) is 13.3 Å². The molecule has 0 atom stereocenters. The topological polar surface area (TPSA) is 58.5 Å². The molecule has 5 heteroatoms. The Kier molecular flexibility index (Phi) is 7.33. The number of guanidine groups is 1. The molecular formula is C18H30N4O. The molecule has 2 rings (SSSR count). The summed E-state index contributed by atoms with van der Waals surface area (Å²) in [4.78, 5) is 8.96. The summed E-state index contributed by atoms with van der Waals surface area (Å²) in [6, 6.07) is 4.08. The van der Waals surface area contributed by atoms with Crippen molar-refractivity contribution in [2.75, 3.05) is 33.4 Å². The first-order valence-electron chi connectivity index (χ1n) is 8.68. The first-order valence-corrected chi connectivity index (χ1v) is 8.68. The van der Waals surface area contributed by atoms with Crippen molar-refractivity contribution in [3.05, 3.63) is 30.1 Å². The Morgan fingerprint density at radius 1 is 1.39 bits per heavy atom. The lowest BCUT2D eigenvalue weighted by atomic mass is 9.67. The molecule has 0 aliphatic heterocycles. The Morgan fingerprint density at radius 2 is 2.26 bits per heavy atom. The molecular weight excluding hydrogens is 288 g/mol. The Bertz CT molecular complexity index is 471. The van der Waals surface area contributed by atoms with Gasteiger partial charge < -0.3 is 15.4 Å². The number of rotatable bonds is 9. The number of nitrogens with one attached hydrogen (secondary N) is 2. The van der Waals surface area contributed by atoms with Crippen molar-refractivity contribution in [3.63, 3.8) is 0 Å². The van der Waals surface area contributed by atoms with Gasteiger partial charge in [-0.1, -0.05) is 12.5 Å². The molecule has 2 N–H and O–H groups in total. The summed E-state index contributed by atoms with van der Waals surface area (Å²) in [7, 11) is 1.78. The minimum Gasteiger partial charge on any atom is -0.385 e. The number of aliphatic imine (C=N–C) groups is 1. The lowest BCUT2D eigenvalue weighted by molar-refractivity contribution is 0.0778. The normalized spacial score (nSPS) is 16.7. The van der Waals surface area contributed by atoms with Gasteiger partial charge in [0.25, 0.3) is 0 Å². The highest BCUT2D eigenvalue weighted by Gasteiger charge is 2.36. The molecule has 0 amide bonds. The van der Waals surface area contributed by atoms with Crippen molar-refractivity contribution >= 4 is 5.96 Å². The molecule has 128 valence electrons. The third-order valence-corrected chi connectivity index (χ3v) is 4.60. The summed E-state index contributed by atoms with van der Waals surface area (Å²) in [5.74, 6) is 0.917. The van der Waals surface area contributed by atoms with E-state index in [1.165, 1.54) is 24.8 Å². The standard InChI is InChI=1S/C18H30N4O/c1-3-20-17(21-12-7-16-6-4-11-19-14-16)22-15-18(8-5-9-18)10-13-23-2/h4,6,11,14H,3,5,7-10,12-13,15H2,1-2H3,(H2,20,21,22). The second kappa shape index (κ2) is 9.50. The highest BCUT2D eigenvalue weighted by molar-refractivity contribution is 5.79. The summed E-state index contributed by atoms with van der Waals surface area (Å²) in [5.41, 5.74) is 1.60. The summed E-state index contributed by atoms with van der Waals surface area (Å²) in [5, 5.41) is 6.76. The van der Waals surface area contributed by atoms with E-state index in [-0.39, 0.29) is 0 Å². The third-order valence-electron chi connectivity index (χ3n) is 4.60. The molecule has 1 fully saturated rings. The van der Waals surface area contributed by atoms with Crippen LogP contribution in [0.1, 0.15) is 38.2 Å². The third kappa shape index (κ3) is 5.82. The van der Waals surface area contributed by atoms with Crippen LogP contribution in [0.15, 0.2) is 29.5 Å². The van der Waals surface area contributed by atoms with Crippen LogP contribution in [-0.2, 0) is 11.2 Å². The summed E-state index contributed by atoms with van der Waals surface area (Å²) >= 11 is 0.